The van der Waals surface area contributed by atoms with Crippen LogP contribution in [0.25, 0.3) is 11.4 Å². The van der Waals surface area contributed by atoms with Gasteiger partial charge in [0.1, 0.15) is 0 Å². The first kappa shape index (κ1) is 20.0. The molecule has 3 aromatic rings. The molecule has 152 valence electrons. The second kappa shape index (κ2) is 7.82. The number of carbonyl (C=O) groups excluding carboxylic acids is 1. The van der Waals surface area contributed by atoms with Crippen LogP contribution in [-0.2, 0) is 11.8 Å². The van der Waals surface area contributed by atoms with Gasteiger partial charge in [-0.1, -0.05) is 35.6 Å². The van der Waals surface area contributed by atoms with E-state index in [2.05, 4.69) is 46.9 Å². The molecule has 1 fully saturated rings. The van der Waals surface area contributed by atoms with Crippen molar-refractivity contribution >= 4 is 38.3 Å². The van der Waals surface area contributed by atoms with Gasteiger partial charge in [-0.05, 0) is 39.0 Å². The van der Waals surface area contributed by atoms with E-state index in [9.17, 15) is 13.6 Å². The van der Waals surface area contributed by atoms with E-state index in [4.69, 9.17) is 0 Å². The maximum atomic E-state index is 13.9. The first-order chi connectivity index (χ1) is 13.8. The molecular formula is C17H16BrF2N7OS. The summed E-state index contributed by atoms with van der Waals surface area (Å²) < 4.78 is 28.3. The molecule has 1 N–H and O–H groups in total. The summed E-state index contributed by atoms with van der Waals surface area (Å²) in [4.78, 5) is 14.4. The van der Waals surface area contributed by atoms with E-state index in [1.807, 2.05) is 0 Å². The predicted molar refractivity (Wildman–Crippen MR) is 106 cm³/mol. The summed E-state index contributed by atoms with van der Waals surface area (Å²) in [5.74, 6) is -3.87. The summed E-state index contributed by atoms with van der Waals surface area (Å²) in [6.07, 6.45) is -0.260. The van der Waals surface area contributed by atoms with E-state index < -0.39 is 17.8 Å². The van der Waals surface area contributed by atoms with Gasteiger partial charge in [0.2, 0.25) is 22.8 Å². The molecule has 1 aromatic carbocycles. The highest BCUT2D eigenvalue weighted by atomic mass is 79.9. The van der Waals surface area contributed by atoms with Crippen LogP contribution in [0.5, 0.6) is 0 Å². The number of halogens is 3. The Balaban J connectivity index is 1.61. The van der Waals surface area contributed by atoms with Crippen molar-refractivity contribution in [3.05, 3.63) is 33.7 Å². The molecule has 2 heterocycles. The van der Waals surface area contributed by atoms with Crippen LogP contribution in [0.3, 0.4) is 0 Å². The molecule has 0 saturated heterocycles. The van der Waals surface area contributed by atoms with E-state index >= 15 is 0 Å². The minimum Gasteiger partial charge on any atom is -0.300 e. The van der Waals surface area contributed by atoms with Crippen LogP contribution in [0, 0.1) is 5.92 Å². The van der Waals surface area contributed by atoms with Crippen LogP contribution < -0.4 is 5.32 Å². The van der Waals surface area contributed by atoms with Gasteiger partial charge in [0.25, 0.3) is 0 Å². The second-order valence-electron chi connectivity index (χ2n) is 6.91. The molecule has 2 atom stereocenters. The highest BCUT2D eigenvalue weighted by molar-refractivity contribution is 9.11. The quantitative estimate of drug-likeness (QED) is 0.594. The summed E-state index contributed by atoms with van der Waals surface area (Å²) in [5.41, 5.74) is 1.38. The molecule has 8 nitrogen and oxygen atoms in total. The highest BCUT2D eigenvalue weighted by Gasteiger charge is 2.45. The number of nitrogens with one attached hydrogen (secondary N) is 1. The Morgan fingerprint density at radius 3 is 2.62 bits per heavy atom. The third-order valence-electron chi connectivity index (χ3n) is 4.86. The zero-order valence-corrected chi connectivity index (χ0v) is 17.6. The Kier molecular flexibility index (Phi) is 5.38. The van der Waals surface area contributed by atoms with E-state index in [1.54, 1.807) is 31.3 Å². The number of benzene rings is 1. The molecule has 0 spiro atoms. The number of tetrazole rings is 1. The number of aryl methyl sites for hydroxylation is 1. The number of carbonyl (C=O) groups is 1. The van der Waals surface area contributed by atoms with Gasteiger partial charge in [-0.25, -0.2) is 8.78 Å². The number of anilines is 1. The molecule has 1 aliphatic rings. The van der Waals surface area contributed by atoms with Gasteiger partial charge in [-0.2, -0.15) is 4.80 Å². The van der Waals surface area contributed by atoms with Crippen molar-refractivity contribution in [1.82, 2.24) is 30.4 Å². The molecule has 12 heteroatoms. The lowest BCUT2D eigenvalue weighted by molar-refractivity contribution is -0.118. The van der Waals surface area contributed by atoms with Crippen LogP contribution in [-0.4, -0.2) is 42.2 Å². The highest BCUT2D eigenvalue weighted by Crippen LogP contribution is 2.46. The van der Waals surface area contributed by atoms with Gasteiger partial charge in [-0.3, -0.25) is 10.1 Å². The Morgan fingerprint density at radius 1 is 1.31 bits per heavy atom. The van der Waals surface area contributed by atoms with E-state index in [-0.39, 0.29) is 25.2 Å². The smallest absolute Gasteiger partial charge is 0.248 e. The van der Waals surface area contributed by atoms with Crippen LogP contribution in [0.2, 0.25) is 0 Å². The molecule has 4 rings (SSSR count). The van der Waals surface area contributed by atoms with Crippen molar-refractivity contribution in [2.75, 3.05) is 5.32 Å². The molecule has 1 amide bonds. The summed E-state index contributed by atoms with van der Waals surface area (Å²) in [6, 6.07) is 7.04. The van der Waals surface area contributed by atoms with Crippen molar-refractivity contribution in [1.29, 1.82) is 0 Å². The van der Waals surface area contributed by atoms with Gasteiger partial charge in [0.05, 0.1) is 13.0 Å². The van der Waals surface area contributed by atoms with Crippen LogP contribution >= 0.6 is 27.3 Å². The Morgan fingerprint density at radius 2 is 2.07 bits per heavy atom. The molecule has 0 radical (unpaired) electrons. The lowest BCUT2D eigenvalue weighted by Gasteiger charge is -2.23. The number of amides is 1. The van der Waals surface area contributed by atoms with Gasteiger partial charge in [0.15, 0.2) is 3.92 Å². The third-order valence-corrected chi connectivity index (χ3v) is 6.13. The van der Waals surface area contributed by atoms with Crippen molar-refractivity contribution in [3.8, 4) is 11.4 Å². The monoisotopic (exact) mass is 483 g/mol. The van der Waals surface area contributed by atoms with E-state index in [1.165, 1.54) is 4.80 Å². The van der Waals surface area contributed by atoms with Gasteiger partial charge in [0, 0.05) is 18.4 Å². The molecule has 2 aromatic heterocycles. The number of hydrogen-bond acceptors (Lipinski definition) is 7. The summed E-state index contributed by atoms with van der Waals surface area (Å²) in [7, 11) is 1.66. The molecule has 29 heavy (non-hydrogen) atoms. The van der Waals surface area contributed by atoms with E-state index in [0.29, 0.717) is 20.4 Å². The minimum absolute atomic E-state index is 0.215. The molecule has 0 aliphatic heterocycles. The standard InChI is InChI=1S/C17H16BrF2N7OS/c1-27-25-13(22-26-27)10-4-2-9(3-5-10)12(11-6-7-17(19,20)8-11)14(28)21-16-24-23-15(18)29-16/h2-5,11-12H,6-8H2,1H3,(H,21,24,28). The minimum atomic E-state index is -2.75. The molecule has 2 unspecified atom stereocenters. The van der Waals surface area contributed by atoms with Gasteiger partial charge < -0.3 is 0 Å². The van der Waals surface area contributed by atoms with Crippen molar-refractivity contribution < 1.29 is 13.6 Å². The Labute approximate surface area is 176 Å². The van der Waals surface area contributed by atoms with Gasteiger partial charge >= 0.3 is 0 Å². The normalized spacial score (nSPS) is 19.2. The topological polar surface area (TPSA) is 98.5 Å². The molecular weight excluding hydrogens is 468 g/mol. The predicted octanol–water partition coefficient (Wildman–Crippen LogP) is 3.65. The fourth-order valence-electron chi connectivity index (χ4n) is 3.58. The Bertz CT molecular complexity index is 1020. The average Bonchev–Trinajstić information content (AvgIpc) is 3.37. The average molecular weight is 484 g/mol. The summed E-state index contributed by atoms with van der Waals surface area (Å²) in [6.45, 7) is 0. The number of rotatable bonds is 5. The first-order valence-electron chi connectivity index (χ1n) is 8.83. The SMILES string of the molecule is Cn1nnc(-c2ccc(C(C(=O)Nc3nnc(Br)s3)C3CCC(F)(F)C3)cc2)n1. The lowest BCUT2D eigenvalue weighted by Crippen LogP contribution is -2.27. The van der Waals surface area contributed by atoms with Crippen LogP contribution in [0.4, 0.5) is 13.9 Å². The van der Waals surface area contributed by atoms with Gasteiger partial charge in [-0.15, -0.1) is 20.4 Å². The Hall–Kier alpha value is -2.34. The second-order valence-corrected chi connectivity index (χ2v) is 9.16. The zero-order chi connectivity index (χ0) is 20.6. The van der Waals surface area contributed by atoms with Crippen molar-refractivity contribution in [2.24, 2.45) is 13.0 Å². The number of nitrogens with zero attached hydrogens (tertiary/aromatic N) is 6. The van der Waals surface area contributed by atoms with E-state index in [0.717, 1.165) is 16.9 Å². The van der Waals surface area contributed by atoms with Crippen LogP contribution in [0.1, 0.15) is 30.7 Å². The molecule has 1 saturated carbocycles. The summed E-state index contributed by atoms with van der Waals surface area (Å²) >= 11 is 4.35. The number of alkyl halides is 2. The lowest BCUT2D eigenvalue weighted by atomic mass is 9.83. The van der Waals surface area contributed by atoms with Crippen molar-refractivity contribution in [3.63, 3.8) is 0 Å². The fourth-order valence-corrected chi connectivity index (χ4v) is 4.60. The van der Waals surface area contributed by atoms with Crippen molar-refractivity contribution in [2.45, 2.75) is 31.1 Å². The number of aromatic nitrogens is 6. The van der Waals surface area contributed by atoms with Crippen LogP contribution in [0.15, 0.2) is 28.2 Å². The largest absolute Gasteiger partial charge is 0.300 e. The number of hydrogen-bond donors (Lipinski definition) is 1. The fraction of sp³-hybridized carbons (Fsp3) is 0.412. The zero-order valence-electron chi connectivity index (χ0n) is 15.2. The summed E-state index contributed by atoms with van der Waals surface area (Å²) in [5, 5.41) is 22.6. The molecule has 1 aliphatic carbocycles. The maximum Gasteiger partial charge on any atom is 0.248 e. The third kappa shape index (κ3) is 4.47. The first-order valence-corrected chi connectivity index (χ1v) is 10.4. The molecule has 0 bridgehead atoms. The maximum absolute atomic E-state index is 13.9.